The number of primary amides is 1. The number of nitrogens with two attached hydrogens (primary N) is 1. The van der Waals surface area contributed by atoms with E-state index in [1.54, 1.807) is 5.32 Å². The van der Waals surface area contributed by atoms with E-state index < -0.39 is 128 Å². The van der Waals surface area contributed by atoms with Gasteiger partial charge < -0.3 is 51.2 Å². The highest BCUT2D eigenvalue weighted by molar-refractivity contribution is 5.87. The second-order valence-electron chi connectivity index (χ2n) is 20.8. The van der Waals surface area contributed by atoms with Gasteiger partial charge in [-0.15, -0.1) is 0 Å². The second kappa shape index (κ2) is 24.5. The molecular formula is C51H61F10N11O8. The topological polar surface area (TPSA) is 240 Å². The summed E-state index contributed by atoms with van der Waals surface area (Å²) in [6.07, 6.45) is -13.7. The maximum Gasteiger partial charge on any atom is 0.407 e. The molecule has 7 rings (SSSR count). The number of alkyl halides is 8. The van der Waals surface area contributed by atoms with Crippen LogP contribution in [0.25, 0.3) is 22.4 Å². The molecule has 2 bridgehead atoms. The third kappa shape index (κ3) is 13.5. The van der Waals surface area contributed by atoms with Crippen LogP contribution in [0.2, 0.25) is 0 Å². The van der Waals surface area contributed by atoms with Crippen molar-refractivity contribution in [2.45, 2.75) is 121 Å². The van der Waals surface area contributed by atoms with Gasteiger partial charge in [-0.2, -0.15) is 31.4 Å². The molecule has 2 aromatic heterocycles. The molecule has 0 radical (unpaired) electrons. The number of rotatable bonds is 22. The summed E-state index contributed by atoms with van der Waals surface area (Å²) in [6.45, 7) is 2.50. The molecule has 19 nitrogen and oxygen atoms in total. The Hall–Kier alpha value is -6.85. The highest BCUT2D eigenvalue weighted by atomic mass is 19.4. The fourth-order valence-corrected chi connectivity index (χ4v) is 10.2. The van der Waals surface area contributed by atoms with Crippen LogP contribution in [0.4, 0.5) is 59.4 Å². The zero-order chi connectivity index (χ0) is 58.6. The maximum absolute atomic E-state index is 15.7. The van der Waals surface area contributed by atoms with E-state index in [-0.39, 0.29) is 27.9 Å². The number of aromatic nitrogens is 4. The number of amides is 4. The number of anilines is 1. The van der Waals surface area contributed by atoms with E-state index in [4.69, 9.17) is 10.5 Å². The molecule has 438 valence electrons. The summed E-state index contributed by atoms with van der Waals surface area (Å²) in [4.78, 5) is 64.3. The standard InChI is InChI=1S/C51H61F10N11O8/c1-48(2,50(56,57)58)42(68-47(77)79-5)44(75)66-37(12-26-6-8-27(9-7-26)40-29(20-71(69-40)23-39(54)55)15-49(3,51(59,60)61)41(43(62)74)67-46(76)78-4)38(73)19-63-18-34-35(52)13-28(14-36(34)53)30-16-64-45(65-17-30)70-21-31-10-11-32(22-70)72(31)33-24-80-25-33/h6-9,13-14,16-17,20,31-33,37-39,41-42,63,73H,10-12,15,18-19,21-25H2,1-5H3,(H2,62,74)(H,66,75)(H,67,76)(H,68,77)/t31?,32?,37?,38-,41+,42+,49?/m0/s1. The number of nitrogens with zero attached hydrogens (tertiary/aromatic N) is 6. The number of aliphatic hydroxyl groups is 1. The first-order chi connectivity index (χ1) is 37.5. The minimum absolute atomic E-state index is 0.00515. The van der Waals surface area contributed by atoms with Gasteiger partial charge in [0.25, 0.3) is 6.43 Å². The van der Waals surface area contributed by atoms with Crippen LogP contribution < -0.4 is 31.9 Å². The number of halogens is 10. The first-order valence-electron chi connectivity index (χ1n) is 25.2. The van der Waals surface area contributed by atoms with Crippen molar-refractivity contribution in [2.75, 3.05) is 52.0 Å². The molecule has 29 heteroatoms. The molecule has 0 spiro atoms. The quantitative estimate of drug-likeness (QED) is 0.0540. The van der Waals surface area contributed by atoms with E-state index in [1.807, 2.05) is 5.32 Å². The van der Waals surface area contributed by atoms with Crippen LogP contribution in [0, 0.1) is 22.5 Å². The molecule has 4 unspecified atom stereocenters. The minimum atomic E-state index is -5.28. The van der Waals surface area contributed by atoms with Crippen molar-refractivity contribution >= 4 is 29.9 Å². The summed E-state index contributed by atoms with van der Waals surface area (Å²) < 4.78 is 162. The van der Waals surface area contributed by atoms with Crippen molar-refractivity contribution in [3.8, 4) is 22.4 Å². The van der Waals surface area contributed by atoms with Crippen LogP contribution in [0.5, 0.6) is 0 Å². The number of carbonyl (C=O) groups excluding carboxylic acids is 4. The third-order valence-corrected chi connectivity index (χ3v) is 15.0. The second-order valence-corrected chi connectivity index (χ2v) is 20.8. The molecule has 3 saturated heterocycles. The Bertz CT molecular complexity index is 2800. The smallest absolute Gasteiger partial charge is 0.407 e. The van der Waals surface area contributed by atoms with E-state index in [2.05, 4.69) is 45.0 Å². The number of benzene rings is 2. The number of fused-ring (bicyclic) bond motifs is 2. The Morgan fingerprint density at radius 1 is 0.812 bits per heavy atom. The molecule has 3 aliphatic rings. The first kappa shape index (κ1) is 60.8. The number of aliphatic hydroxyl groups excluding tert-OH is 1. The van der Waals surface area contributed by atoms with Crippen molar-refractivity contribution in [3.63, 3.8) is 0 Å². The van der Waals surface area contributed by atoms with Crippen molar-refractivity contribution < 1.29 is 82.4 Å². The van der Waals surface area contributed by atoms with Crippen LogP contribution >= 0.6 is 0 Å². The molecule has 7 N–H and O–H groups in total. The van der Waals surface area contributed by atoms with Gasteiger partial charge in [-0.25, -0.2) is 37.1 Å². The molecule has 5 heterocycles. The van der Waals surface area contributed by atoms with Crippen LogP contribution in [-0.2, 0) is 49.7 Å². The van der Waals surface area contributed by atoms with E-state index in [9.17, 15) is 59.4 Å². The van der Waals surface area contributed by atoms with Crippen molar-refractivity contribution in [3.05, 3.63) is 83.3 Å². The fraction of sp³-hybridized carbons (Fsp3) is 0.549. The van der Waals surface area contributed by atoms with Gasteiger partial charge in [0.15, 0.2) is 0 Å². The maximum atomic E-state index is 15.7. The summed E-state index contributed by atoms with van der Waals surface area (Å²) in [7, 11) is 1.67. The number of hydrogen-bond acceptors (Lipinski definition) is 14. The predicted molar refractivity (Wildman–Crippen MR) is 265 cm³/mol. The lowest BCUT2D eigenvalue weighted by atomic mass is 9.75. The molecule has 7 atom stereocenters. The number of methoxy groups -OCH3 is 2. The highest BCUT2D eigenvalue weighted by Crippen LogP contribution is 2.46. The Labute approximate surface area is 452 Å². The van der Waals surface area contributed by atoms with Gasteiger partial charge in [0.2, 0.25) is 17.8 Å². The lowest BCUT2D eigenvalue weighted by Gasteiger charge is -2.47. The molecule has 80 heavy (non-hydrogen) atoms. The molecular weight excluding hydrogens is 1080 g/mol. The van der Waals surface area contributed by atoms with E-state index in [1.165, 1.54) is 36.7 Å². The average molecular weight is 1150 g/mol. The number of carbonyl (C=O) groups is 4. The van der Waals surface area contributed by atoms with Crippen LogP contribution in [-0.4, -0.2) is 162 Å². The summed E-state index contributed by atoms with van der Waals surface area (Å²) >= 11 is 0. The largest absolute Gasteiger partial charge is 0.453 e. The van der Waals surface area contributed by atoms with Crippen LogP contribution in [0.3, 0.4) is 0 Å². The monoisotopic (exact) mass is 1150 g/mol. The van der Waals surface area contributed by atoms with Gasteiger partial charge in [0.1, 0.15) is 30.3 Å². The molecule has 0 aliphatic carbocycles. The van der Waals surface area contributed by atoms with Crippen molar-refractivity contribution in [2.24, 2.45) is 16.6 Å². The number of alkyl carbamates (subject to hydrolysis) is 2. The van der Waals surface area contributed by atoms with Crippen LogP contribution in [0.15, 0.2) is 55.0 Å². The lowest BCUT2D eigenvalue weighted by molar-refractivity contribution is -0.226. The van der Waals surface area contributed by atoms with Gasteiger partial charge >= 0.3 is 24.5 Å². The molecule has 0 saturated carbocycles. The average Bonchev–Trinajstić information content (AvgIpc) is 3.87. The summed E-state index contributed by atoms with van der Waals surface area (Å²) in [5, 5.41) is 24.4. The predicted octanol–water partition coefficient (Wildman–Crippen LogP) is 5.41. The SMILES string of the molecule is COC(=O)N[C@H](C(=O)NC(Cc1ccc(-c2nn(CC(F)F)cc2CC(C)([C@H](NC(=O)OC)C(N)=O)C(F)(F)F)cc1)[C@@H](O)CNCc1c(F)cc(-c2cnc(N3CC4CCC(C3)N4C3COC3)nc2)cc1F)C(C)(C)C(F)(F)F. The zero-order valence-corrected chi connectivity index (χ0v) is 43.9. The normalized spacial score (nSPS) is 19.3. The summed E-state index contributed by atoms with van der Waals surface area (Å²) in [5.74, 6) is -4.57. The van der Waals surface area contributed by atoms with Gasteiger partial charge in [-0.3, -0.25) is 19.2 Å². The molecule has 3 fully saturated rings. The van der Waals surface area contributed by atoms with E-state index in [0.717, 1.165) is 58.5 Å². The number of nitrogens with one attached hydrogen (secondary N) is 4. The van der Waals surface area contributed by atoms with Crippen LogP contribution in [0.1, 0.15) is 50.3 Å². The minimum Gasteiger partial charge on any atom is -0.453 e. The molecule has 4 aromatic rings. The number of piperazine rings is 1. The van der Waals surface area contributed by atoms with Crippen molar-refractivity contribution in [1.29, 1.82) is 0 Å². The molecule has 2 aromatic carbocycles. The Kier molecular flexibility index (Phi) is 18.6. The number of hydrogen-bond donors (Lipinski definition) is 6. The van der Waals surface area contributed by atoms with E-state index >= 15 is 8.78 Å². The molecule has 4 amide bonds. The fourth-order valence-electron chi connectivity index (χ4n) is 10.2. The van der Waals surface area contributed by atoms with Gasteiger partial charge in [0.05, 0.1) is 62.1 Å². The Balaban J connectivity index is 1.11. The summed E-state index contributed by atoms with van der Waals surface area (Å²) in [6, 6.07) is 1.98. The van der Waals surface area contributed by atoms with Crippen molar-refractivity contribution in [1.82, 2.24) is 45.9 Å². The Morgan fingerprint density at radius 2 is 1.39 bits per heavy atom. The zero-order valence-electron chi connectivity index (χ0n) is 43.9. The summed E-state index contributed by atoms with van der Waals surface area (Å²) in [5.41, 5.74) is -1.28. The highest BCUT2D eigenvalue weighted by Gasteiger charge is 2.59. The van der Waals surface area contributed by atoms with Gasteiger partial charge in [-0.05, 0) is 75.3 Å². The molecule has 3 aliphatic heterocycles. The Morgan fingerprint density at radius 3 is 1.89 bits per heavy atom. The third-order valence-electron chi connectivity index (χ3n) is 15.0. The first-order valence-corrected chi connectivity index (χ1v) is 25.2. The van der Waals surface area contributed by atoms with Gasteiger partial charge in [-0.1, -0.05) is 24.3 Å². The van der Waals surface area contributed by atoms with Gasteiger partial charge in [0, 0.05) is 73.5 Å². The van der Waals surface area contributed by atoms with E-state index in [0.29, 0.717) is 68.3 Å². The number of ether oxygens (including phenoxy) is 3. The lowest BCUT2D eigenvalue weighted by Crippen LogP contribution is -2.62.